The fraction of sp³-hybridized carbons (Fsp3) is 0.381. The van der Waals surface area contributed by atoms with Crippen molar-refractivity contribution in [3.63, 3.8) is 0 Å². The summed E-state index contributed by atoms with van der Waals surface area (Å²) in [4.78, 5) is 20.1. The molecule has 3 aromatic rings. The van der Waals surface area contributed by atoms with Crippen molar-refractivity contribution in [3.05, 3.63) is 58.1 Å². The largest absolute Gasteiger partial charge is 0.359 e. The number of pyridine rings is 1. The number of carbonyl (C=O) groups is 1. The van der Waals surface area contributed by atoms with Gasteiger partial charge in [-0.3, -0.25) is 9.78 Å². The first-order chi connectivity index (χ1) is 12.4. The normalized spacial score (nSPS) is 17.2. The Labute approximate surface area is 153 Å². The van der Waals surface area contributed by atoms with Crippen LogP contribution in [0.1, 0.15) is 57.5 Å². The summed E-state index contributed by atoms with van der Waals surface area (Å²) in [5.74, 6) is 0.817. The number of fused-ring (bicyclic) bond motifs is 1. The SMILES string of the molecule is Cc1cc(C)c2nc(C)cc(C(=O)N3CCC[C@@H]3c3cc(C)no3)c2c1. The van der Waals surface area contributed by atoms with Crippen molar-refractivity contribution < 1.29 is 9.32 Å². The van der Waals surface area contributed by atoms with Gasteiger partial charge in [0.15, 0.2) is 5.76 Å². The van der Waals surface area contributed by atoms with Crippen LogP contribution in [-0.2, 0) is 0 Å². The van der Waals surface area contributed by atoms with Crippen molar-refractivity contribution in [2.24, 2.45) is 0 Å². The molecule has 3 heterocycles. The van der Waals surface area contributed by atoms with Gasteiger partial charge in [-0.1, -0.05) is 16.8 Å². The quantitative estimate of drug-likeness (QED) is 0.686. The van der Waals surface area contributed by atoms with E-state index in [4.69, 9.17) is 4.52 Å². The smallest absolute Gasteiger partial charge is 0.255 e. The van der Waals surface area contributed by atoms with E-state index >= 15 is 0 Å². The molecule has 5 nitrogen and oxygen atoms in total. The van der Waals surface area contributed by atoms with Gasteiger partial charge in [0.05, 0.1) is 22.8 Å². The summed E-state index contributed by atoms with van der Waals surface area (Å²) >= 11 is 0. The minimum Gasteiger partial charge on any atom is -0.359 e. The minimum absolute atomic E-state index is 0.0434. The average molecular weight is 349 g/mol. The van der Waals surface area contributed by atoms with E-state index in [1.54, 1.807) is 0 Å². The molecule has 0 bridgehead atoms. The Kier molecular flexibility index (Phi) is 4.02. The van der Waals surface area contributed by atoms with Crippen LogP contribution in [0.2, 0.25) is 0 Å². The Morgan fingerprint density at radius 2 is 1.92 bits per heavy atom. The van der Waals surface area contributed by atoms with Gasteiger partial charge in [0.25, 0.3) is 5.91 Å². The Morgan fingerprint density at radius 3 is 2.65 bits per heavy atom. The minimum atomic E-state index is -0.0434. The molecule has 4 rings (SSSR count). The van der Waals surface area contributed by atoms with E-state index < -0.39 is 0 Å². The lowest BCUT2D eigenvalue weighted by Gasteiger charge is -2.24. The lowest BCUT2D eigenvalue weighted by Crippen LogP contribution is -2.30. The number of rotatable bonds is 2. The highest BCUT2D eigenvalue weighted by atomic mass is 16.5. The molecule has 0 unspecified atom stereocenters. The number of amides is 1. The van der Waals surface area contributed by atoms with Gasteiger partial charge in [0.2, 0.25) is 0 Å². The van der Waals surface area contributed by atoms with Crippen molar-refractivity contribution in [3.8, 4) is 0 Å². The molecule has 1 atom stereocenters. The number of aromatic nitrogens is 2. The first kappa shape index (κ1) is 16.8. The highest BCUT2D eigenvalue weighted by Crippen LogP contribution is 2.35. The molecule has 134 valence electrons. The molecule has 0 aliphatic carbocycles. The zero-order valence-electron chi connectivity index (χ0n) is 15.7. The second-order valence-corrected chi connectivity index (χ2v) is 7.32. The molecule has 0 spiro atoms. The van der Waals surface area contributed by atoms with E-state index in [0.29, 0.717) is 0 Å². The summed E-state index contributed by atoms with van der Waals surface area (Å²) in [7, 11) is 0. The van der Waals surface area contributed by atoms with Crippen LogP contribution in [0.5, 0.6) is 0 Å². The monoisotopic (exact) mass is 349 g/mol. The number of carbonyl (C=O) groups excluding carboxylic acids is 1. The maximum atomic E-state index is 13.5. The van der Waals surface area contributed by atoms with Gasteiger partial charge in [-0.05, 0) is 58.2 Å². The van der Waals surface area contributed by atoms with Crippen LogP contribution in [-0.4, -0.2) is 27.5 Å². The van der Waals surface area contributed by atoms with Gasteiger partial charge >= 0.3 is 0 Å². The molecule has 2 aromatic heterocycles. The van der Waals surface area contributed by atoms with Gasteiger partial charge in [0.1, 0.15) is 0 Å². The Morgan fingerprint density at radius 1 is 1.12 bits per heavy atom. The second kappa shape index (κ2) is 6.24. The molecule has 0 saturated carbocycles. The highest BCUT2D eigenvalue weighted by Gasteiger charge is 2.34. The van der Waals surface area contributed by atoms with Crippen molar-refractivity contribution in [1.82, 2.24) is 15.0 Å². The number of hydrogen-bond acceptors (Lipinski definition) is 4. The van der Waals surface area contributed by atoms with Crippen molar-refractivity contribution in [2.75, 3.05) is 6.54 Å². The number of nitrogens with zero attached hydrogens (tertiary/aromatic N) is 3. The van der Waals surface area contributed by atoms with Crippen LogP contribution in [0.4, 0.5) is 0 Å². The second-order valence-electron chi connectivity index (χ2n) is 7.32. The fourth-order valence-corrected chi connectivity index (χ4v) is 3.99. The number of hydrogen-bond donors (Lipinski definition) is 0. The molecular formula is C21H23N3O2. The van der Waals surface area contributed by atoms with Gasteiger partial charge in [-0.25, -0.2) is 0 Å². The molecule has 1 aliphatic rings. The Hall–Kier alpha value is -2.69. The zero-order chi connectivity index (χ0) is 18.4. The third-order valence-corrected chi connectivity index (χ3v) is 5.10. The maximum absolute atomic E-state index is 13.5. The molecule has 5 heteroatoms. The predicted octanol–water partition coefficient (Wildman–Crippen LogP) is 4.43. The molecule has 26 heavy (non-hydrogen) atoms. The van der Waals surface area contributed by atoms with Gasteiger partial charge in [-0.15, -0.1) is 0 Å². The Bertz CT molecular complexity index is 1010. The van der Waals surface area contributed by atoms with E-state index in [9.17, 15) is 4.79 Å². The van der Waals surface area contributed by atoms with E-state index in [2.05, 4.69) is 29.2 Å². The predicted molar refractivity (Wildman–Crippen MR) is 100 cm³/mol. The molecule has 0 N–H and O–H groups in total. The van der Waals surface area contributed by atoms with Crippen LogP contribution in [0.3, 0.4) is 0 Å². The lowest BCUT2D eigenvalue weighted by atomic mass is 10.0. The molecule has 1 fully saturated rings. The van der Waals surface area contributed by atoms with E-state index in [0.717, 1.165) is 64.1 Å². The van der Waals surface area contributed by atoms with E-state index in [1.807, 2.05) is 37.8 Å². The summed E-state index contributed by atoms with van der Waals surface area (Å²) in [6.07, 6.45) is 1.87. The van der Waals surface area contributed by atoms with Gasteiger partial charge in [-0.2, -0.15) is 0 Å². The van der Waals surface area contributed by atoms with Crippen molar-refractivity contribution in [2.45, 2.75) is 46.6 Å². The molecule has 1 amide bonds. The molecular weight excluding hydrogens is 326 g/mol. The fourth-order valence-electron chi connectivity index (χ4n) is 3.99. The summed E-state index contributed by atoms with van der Waals surface area (Å²) in [5.41, 5.74) is 5.57. The molecule has 1 aliphatic heterocycles. The number of aryl methyl sites for hydroxylation is 4. The zero-order valence-corrected chi connectivity index (χ0v) is 15.7. The molecule has 1 saturated heterocycles. The lowest BCUT2D eigenvalue weighted by molar-refractivity contribution is 0.0716. The molecule has 0 radical (unpaired) electrons. The topological polar surface area (TPSA) is 59.2 Å². The number of likely N-dealkylation sites (tertiary alicyclic amines) is 1. The van der Waals surface area contributed by atoms with Gasteiger partial charge < -0.3 is 9.42 Å². The summed E-state index contributed by atoms with van der Waals surface area (Å²) in [6.45, 7) is 8.68. The standard InChI is InChI=1S/C21H23N3O2/c1-12-8-13(2)20-16(9-12)17(10-14(3)22-20)21(25)24-7-5-6-18(24)19-11-15(4)23-26-19/h8-11,18H,5-7H2,1-4H3/t18-/m1/s1. The van der Waals surface area contributed by atoms with E-state index in [1.165, 1.54) is 0 Å². The Balaban J connectivity index is 1.81. The van der Waals surface area contributed by atoms with Crippen LogP contribution in [0, 0.1) is 27.7 Å². The summed E-state index contributed by atoms with van der Waals surface area (Å²) in [6, 6.07) is 7.97. The summed E-state index contributed by atoms with van der Waals surface area (Å²) in [5, 5.41) is 4.92. The van der Waals surface area contributed by atoms with Crippen LogP contribution in [0.25, 0.3) is 10.9 Å². The van der Waals surface area contributed by atoms with Crippen molar-refractivity contribution >= 4 is 16.8 Å². The first-order valence-electron chi connectivity index (χ1n) is 9.07. The van der Waals surface area contributed by atoms with Crippen LogP contribution in [0.15, 0.2) is 28.8 Å². The van der Waals surface area contributed by atoms with Crippen LogP contribution >= 0.6 is 0 Å². The highest BCUT2D eigenvalue weighted by molar-refractivity contribution is 6.07. The third kappa shape index (κ3) is 2.77. The number of benzene rings is 1. The van der Waals surface area contributed by atoms with E-state index in [-0.39, 0.29) is 11.9 Å². The third-order valence-electron chi connectivity index (χ3n) is 5.10. The summed E-state index contributed by atoms with van der Waals surface area (Å²) < 4.78 is 5.46. The maximum Gasteiger partial charge on any atom is 0.255 e. The van der Waals surface area contributed by atoms with Crippen molar-refractivity contribution in [1.29, 1.82) is 0 Å². The molecule has 1 aromatic carbocycles. The average Bonchev–Trinajstić information content (AvgIpc) is 3.23. The first-order valence-corrected chi connectivity index (χ1v) is 9.07. The van der Waals surface area contributed by atoms with Crippen LogP contribution < -0.4 is 0 Å². The van der Waals surface area contributed by atoms with Gasteiger partial charge in [0, 0.05) is 23.7 Å².